The van der Waals surface area contributed by atoms with Gasteiger partial charge in [-0.1, -0.05) is 39.8 Å². The molecule has 1 saturated carbocycles. The highest BCUT2D eigenvalue weighted by molar-refractivity contribution is 9.10. The van der Waals surface area contributed by atoms with Crippen LogP contribution in [0.3, 0.4) is 0 Å². The highest BCUT2D eigenvalue weighted by Gasteiger charge is 2.47. The molecule has 1 aliphatic carbocycles. The average Bonchev–Trinajstić information content (AvgIpc) is 2.16. The molecule has 1 nitrogen and oxygen atoms in total. The molecule has 0 atom stereocenters. The van der Waals surface area contributed by atoms with Crippen LogP contribution in [0.4, 0.5) is 4.39 Å². The minimum Gasteiger partial charge on any atom is -0.321 e. The maximum absolute atomic E-state index is 14.4. The van der Waals surface area contributed by atoms with E-state index in [-0.39, 0.29) is 16.6 Å². The van der Waals surface area contributed by atoms with E-state index in [1.165, 1.54) is 0 Å². The molecule has 1 aromatic carbocycles. The highest BCUT2D eigenvalue weighted by atomic mass is 79.9. The van der Waals surface area contributed by atoms with Crippen molar-refractivity contribution in [3.8, 4) is 0 Å². The molecule has 0 amide bonds. The largest absolute Gasteiger partial charge is 0.321 e. The van der Waals surface area contributed by atoms with E-state index in [0.717, 1.165) is 19.3 Å². The van der Waals surface area contributed by atoms with E-state index >= 15 is 0 Å². The van der Waals surface area contributed by atoms with Gasteiger partial charge in [0.05, 0.1) is 4.47 Å². The summed E-state index contributed by atoms with van der Waals surface area (Å²) < 4.78 is 14.9. The molecule has 1 fully saturated rings. The predicted octanol–water partition coefficient (Wildman–Crippen LogP) is 4.98. The zero-order chi connectivity index (χ0) is 14.5. The first-order valence-electron chi connectivity index (χ1n) is 6.78. The summed E-state index contributed by atoms with van der Waals surface area (Å²) in [4.78, 5) is 0. The van der Waals surface area contributed by atoms with E-state index in [2.05, 4.69) is 43.6 Å². The molecule has 2 rings (SSSR count). The Hall–Kier alpha value is -0.410. The summed E-state index contributed by atoms with van der Waals surface area (Å²) in [6.45, 7) is 8.91. The molecule has 1 aromatic rings. The van der Waals surface area contributed by atoms with Gasteiger partial charge in [0, 0.05) is 11.1 Å². The van der Waals surface area contributed by atoms with E-state index in [1.54, 1.807) is 6.07 Å². The minimum absolute atomic E-state index is 0.130. The fourth-order valence-electron chi connectivity index (χ4n) is 4.27. The lowest BCUT2D eigenvalue weighted by Crippen LogP contribution is -2.50. The van der Waals surface area contributed by atoms with Gasteiger partial charge in [-0.15, -0.1) is 0 Å². The Morgan fingerprint density at radius 1 is 1.05 bits per heavy atom. The van der Waals surface area contributed by atoms with E-state index in [4.69, 9.17) is 5.73 Å². The molecule has 19 heavy (non-hydrogen) atoms. The molecule has 0 spiro atoms. The Balaban J connectivity index is 2.49. The molecule has 0 radical (unpaired) electrons. The second kappa shape index (κ2) is 4.56. The standard InChI is InChI=1S/C16H23BrFN/c1-14(2)8-15(3,4)10-16(19,9-14)11-6-5-7-12(17)13(11)18/h5-7H,8-10,19H2,1-4H3. The molecule has 0 aliphatic heterocycles. The van der Waals surface area contributed by atoms with Gasteiger partial charge < -0.3 is 5.73 Å². The van der Waals surface area contributed by atoms with Crippen LogP contribution in [0.25, 0.3) is 0 Å². The van der Waals surface area contributed by atoms with Crippen LogP contribution in [-0.4, -0.2) is 0 Å². The van der Waals surface area contributed by atoms with Gasteiger partial charge in [-0.2, -0.15) is 0 Å². The molecule has 2 N–H and O–H groups in total. The van der Waals surface area contributed by atoms with Crippen molar-refractivity contribution in [1.29, 1.82) is 0 Å². The number of benzene rings is 1. The summed E-state index contributed by atoms with van der Waals surface area (Å²) in [7, 11) is 0. The monoisotopic (exact) mass is 327 g/mol. The van der Waals surface area contributed by atoms with Crippen LogP contribution < -0.4 is 5.73 Å². The van der Waals surface area contributed by atoms with Crippen LogP contribution in [-0.2, 0) is 5.54 Å². The van der Waals surface area contributed by atoms with Crippen LogP contribution >= 0.6 is 15.9 Å². The second-order valence-electron chi connectivity index (χ2n) is 7.62. The maximum atomic E-state index is 14.4. The van der Waals surface area contributed by atoms with Crippen molar-refractivity contribution >= 4 is 15.9 Å². The molecule has 3 heteroatoms. The molecule has 0 heterocycles. The molecular formula is C16H23BrFN. The Morgan fingerprint density at radius 2 is 1.58 bits per heavy atom. The van der Waals surface area contributed by atoms with Gasteiger partial charge in [0.15, 0.2) is 0 Å². The van der Waals surface area contributed by atoms with E-state index in [9.17, 15) is 4.39 Å². The number of nitrogens with two attached hydrogens (primary N) is 1. The summed E-state index contributed by atoms with van der Waals surface area (Å²) >= 11 is 3.26. The van der Waals surface area contributed by atoms with Crippen LogP contribution in [0.15, 0.2) is 22.7 Å². The van der Waals surface area contributed by atoms with Crippen LogP contribution in [0, 0.1) is 16.6 Å². The first-order chi connectivity index (χ1) is 8.55. The summed E-state index contributed by atoms with van der Waals surface area (Å²) in [6, 6.07) is 5.42. The third-order valence-electron chi connectivity index (χ3n) is 4.03. The van der Waals surface area contributed by atoms with Gasteiger partial charge in [-0.05, 0) is 52.1 Å². The number of rotatable bonds is 1. The molecular weight excluding hydrogens is 305 g/mol. The smallest absolute Gasteiger partial charge is 0.142 e. The quantitative estimate of drug-likeness (QED) is 0.773. The van der Waals surface area contributed by atoms with Gasteiger partial charge in [-0.3, -0.25) is 0 Å². The van der Waals surface area contributed by atoms with Crippen LogP contribution in [0.2, 0.25) is 0 Å². The Bertz CT molecular complexity index is 478. The zero-order valence-corrected chi connectivity index (χ0v) is 13.8. The lowest BCUT2D eigenvalue weighted by atomic mass is 9.57. The third kappa shape index (κ3) is 3.03. The topological polar surface area (TPSA) is 26.0 Å². The molecule has 0 unspecified atom stereocenters. The van der Waals surface area contributed by atoms with Crippen LogP contribution in [0.5, 0.6) is 0 Å². The highest BCUT2D eigenvalue weighted by Crippen LogP contribution is 2.53. The Kier molecular flexibility index (Phi) is 3.60. The first-order valence-corrected chi connectivity index (χ1v) is 7.57. The fraction of sp³-hybridized carbons (Fsp3) is 0.625. The van der Waals surface area contributed by atoms with Crippen molar-refractivity contribution in [2.45, 2.75) is 52.5 Å². The van der Waals surface area contributed by atoms with Gasteiger partial charge in [0.2, 0.25) is 0 Å². The third-order valence-corrected chi connectivity index (χ3v) is 4.65. The Labute approximate surface area is 123 Å². The summed E-state index contributed by atoms with van der Waals surface area (Å²) in [5, 5.41) is 0. The van der Waals surface area contributed by atoms with Crippen molar-refractivity contribution < 1.29 is 4.39 Å². The number of hydrogen-bond donors (Lipinski definition) is 1. The van der Waals surface area contributed by atoms with E-state index < -0.39 is 5.54 Å². The summed E-state index contributed by atoms with van der Waals surface area (Å²) in [5.74, 6) is -0.210. The first kappa shape index (κ1) is 15.0. The zero-order valence-electron chi connectivity index (χ0n) is 12.2. The van der Waals surface area contributed by atoms with Gasteiger partial charge in [-0.25, -0.2) is 4.39 Å². The van der Waals surface area contributed by atoms with Gasteiger partial charge >= 0.3 is 0 Å². The molecule has 1 aliphatic rings. The maximum Gasteiger partial charge on any atom is 0.142 e. The molecule has 0 bridgehead atoms. The minimum atomic E-state index is -0.584. The van der Waals surface area contributed by atoms with Gasteiger partial charge in [0.25, 0.3) is 0 Å². The number of halogens is 2. The van der Waals surface area contributed by atoms with Crippen molar-refractivity contribution in [2.75, 3.05) is 0 Å². The fourth-order valence-corrected chi connectivity index (χ4v) is 4.64. The summed E-state index contributed by atoms with van der Waals surface area (Å²) in [5.41, 5.74) is 6.96. The van der Waals surface area contributed by atoms with Crippen molar-refractivity contribution in [2.24, 2.45) is 16.6 Å². The second-order valence-corrected chi connectivity index (χ2v) is 8.47. The SMILES string of the molecule is CC1(C)CC(C)(C)CC(N)(c2cccc(Br)c2F)C1. The van der Waals surface area contributed by atoms with E-state index in [0.29, 0.717) is 10.0 Å². The lowest BCUT2D eigenvalue weighted by molar-refractivity contribution is 0.0453. The lowest BCUT2D eigenvalue weighted by Gasteiger charge is -2.50. The Morgan fingerprint density at radius 3 is 2.11 bits per heavy atom. The number of hydrogen-bond acceptors (Lipinski definition) is 1. The normalized spacial score (nSPS) is 24.2. The van der Waals surface area contributed by atoms with E-state index in [1.807, 2.05) is 12.1 Å². The van der Waals surface area contributed by atoms with Crippen molar-refractivity contribution in [3.63, 3.8) is 0 Å². The van der Waals surface area contributed by atoms with Crippen molar-refractivity contribution in [3.05, 3.63) is 34.1 Å². The van der Waals surface area contributed by atoms with Gasteiger partial charge in [0.1, 0.15) is 5.82 Å². The summed E-state index contributed by atoms with van der Waals surface area (Å²) in [6.07, 6.45) is 2.75. The molecule has 0 saturated heterocycles. The van der Waals surface area contributed by atoms with Crippen LogP contribution in [0.1, 0.15) is 52.5 Å². The molecule has 0 aromatic heterocycles. The molecule has 106 valence electrons. The predicted molar refractivity (Wildman–Crippen MR) is 81.4 cm³/mol. The average molecular weight is 328 g/mol. The van der Waals surface area contributed by atoms with Crippen molar-refractivity contribution in [1.82, 2.24) is 0 Å².